The van der Waals surface area contributed by atoms with Gasteiger partial charge in [-0.15, -0.1) is 0 Å². The number of hydrogen-bond acceptors (Lipinski definition) is 6. The number of aromatic nitrogens is 4. The van der Waals surface area contributed by atoms with Crippen molar-refractivity contribution in [1.82, 2.24) is 24.6 Å². The minimum absolute atomic E-state index is 0.0166. The molecule has 0 spiro atoms. The quantitative estimate of drug-likeness (QED) is 0.814. The maximum Gasteiger partial charge on any atom is 0.225 e. The smallest absolute Gasteiger partial charge is 0.225 e. The van der Waals surface area contributed by atoms with Crippen LogP contribution in [0, 0.1) is 12.8 Å². The number of piperazine rings is 1. The summed E-state index contributed by atoms with van der Waals surface area (Å²) in [7, 11) is 0. The van der Waals surface area contributed by atoms with Crippen LogP contribution in [0.25, 0.3) is 5.82 Å². The lowest BCUT2D eigenvalue weighted by Crippen LogP contribution is -2.51. The molecular formula is C19H24N6O2. The highest BCUT2D eigenvalue weighted by Crippen LogP contribution is 2.24. The Balaban J connectivity index is 1.38. The van der Waals surface area contributed by atoms with Gasteiger partial charge in [0.25, 0.3) is 0 Å². The monoisotopic (exact) mass is 368 g/mol. The topological polar surface area (TPSA) is 84.2 Å². The van der Waals surface area contributed by atoms with E-state index in [4.69, 9.17) is 0 Å². The Morgan fingerprint density at radius 2 is 1.78 bits per heavy atom. The molecule has 142 valence electrons. The predicted octanol–water partition coefficient (Wildman–Crippen LogP) is 1.38. The molecule has 3 heterocycles. The molecule has 1 saturated carbocycles. The van der Waals surface area contributed by atoms with E-state index >= 15 is 0 Å². The van der Waals surface area contributed by atoms with Crippen molar-refractivity contribution in [2.24, 2.45) is 5.92 Å². The number of carbonyl (C=O) groups excluding carboxylic acids is 2. The molecule has 4 rings (SSSR count). The van der Waals surface area contributed by atoms with Crippen LogP contribution in [0.2, 0.25) is 0 Å². The molecule has 2 aromatic heterocycles. The van der Waals surface area contributed by atoms with Crippen LogP contribution < -0.4 is 4.90 Å². The molecule has 2 aromatic rings. The minimum Gasteiger partial charge on any atom is -0.353 e. The largest absolute Gasteiger partial charge is 0.353 e. The van der Waals surface area contributed by atoms with Gasteiger partial charge in [0.2, 0.25) is 5.91 Å². The molecule has 8 heteroatoms. The van der Waals surface area contributed by atoms with E-state index in [9.17, 15) is 9.59 Å². The fraction of sp³-hybridized carbons (Fsp3) is 0.526. The van der Waals surface area contributed by atoms with Crippen LogP contribution in [0.4, 0.5) is 5.82 Å². The zero-order valence-corrected chi connectivity index (χ0v) is 15.5. The Bertz CT molecular complexity index is 830. The highest BCUT2D eigenvalue weighted by atomic mass is 16.2. The fourth-order valence-corrected chi connectivity index (χ4v) is 3.78. The van der Waals surface area contributed by atoms with Crippen molar-refractivity contribution in [3.63, 3.8) is 0 Å². The zero-order chi connectivity index (χ0) is 18.8. The molecule has 1 aliphatic heterocycles. The number of anilines is 1. The van der Waals surface area contributed by atoms with E-state index < -0.39 is 0 Å². The average molecular weight is 368 g/mol. The Kier molecular flexibility index (Phi) is 4.87. The summed E-state index contributed by atoms with van der Waals surface area (Å²) in [6.07, 6.45) is 5.94. The second-order valence-electron chi connectivity index (χ2n) is 7.26. The first-order valence-corrected chi connectivity index (χ1v) is 9.50. The SMILES string of the molecule is Cc1ccn(-c2cc(N3CCN(C(=O)C4CCC(=O)CC4)CC3)ncn2)n1. The van der Waals surface area contributed by atoms with Gasteiger partial charge in [-0.2, -0.15) is 5.10 Å². The summed E-state index contributed by atoms with van der Waals surface area (Å²) in [5, 5.41) is 4.39. The lowest BCUT2D eigenvalue weighted by atomic mass is 9.87. The minimum atomic E-state index is 0.0166. The molecule has 2 fully saturated rings. The van der Waals surface area contributed by atoms with E-state index in [0.29, 0.717) is 38.8 Å². The van der Waals surface area contributed by atoms with Crippen LogP contribution >= 0.6 is 0 Å². The van der Waals surface area contributed by atoms with Gasteiger partial charge in [0.15, 0.2) is 5.82 Å². The first kappa shape index (κ1) is 17.6. The highest BCUT2D eigenvalue weighted by Gasteiger charge is 2.30. The van der Waals surface area contributed by atoms with Crippen molar-refractivity contribution in [2.75, 3.05) is 31.1 Å². The second-order valence-corrected chi connectivity index (χ2v) is 7.26. The molecule has 0 aromatic carbocycles. The van der Waals surface area contributed by atoms with Crippen molar-refractivity contribution in [3.8, 4) is 5.82 Å². The van der Waals surface area contributed by atoms with E-state index in [1.54, 1.807) is 11.0 Å². The number of rotatable bonds is 3. The van der Waals surface area contributed by atoms with Crippen LogP contribution in [-0.4, -0.2) is 62.5 Å². The average Bonchev–Trinajstić information content (AvgIpc) is 3.15. The van der Waals surface area contributed by atoms with E-state index in [0.717, 1.165) is 30.4 Å². The van der Waals surface area contributed by atoms with E-state index in [1.165, 1.54) is 0 Å². The molecule has 0 atom stereocenters. The number of hydrogen-bond donors (Lipinski definition) is 0. The highest BCUT2D eigenvalue weighted by molar-refractivity contribution is 5.84. The number of Topliss-reactive ketones (excluding diaryl/α,β-unsaturated/α-hetero) is 1. The van der Waals surface area contributed by atoms with E-state index in [1.807, 2.05) is 30.2 Å². The van der Waals surface area contributed by atoms with Crippen LogP contribution in [-0.2, 0) is 9.59 Å². The molecule has 1 saturated heterocycles. The van der Waals surface area contributed by atoms with Crippen molar-refractivity contribution in [2.45, 2.75) is 32.6 Å². The molecule has 0 N–H and O–H groups in total. The van der Waals surface area contributed by atoms with Crippen LogP contribution in [0.5, 0.6) is 0 Å². The lowest BCUT2D eigenvalue weighted by Gasteiger charge is -2.37. The molecular weight excluding hydrogens is 344 g/mol. The van der Waals surface area contributed by atoms with Gasteiger partial charge in [-0.1, -0.05) is 0 Å². The number of aryl methyl sites for hydroxylation is 1. The number of ketones is 1. The van der Waals surface area contributed by atoms with Crippen LogP contribution in [0.1, 0.15) is 31.4 Å². The van der Waals surface area contributed by atoms with Gasteiger partial charge in [-0.25, -0.2) is 14.6 Å². The number of nitrogens with zero attached hydrogens (tertiary/aromatic N) is 6. The summed E-state index contributed by atoms with van der Waals surface area (Å²) >= 11 is 0. The Morgan fingerprint density at radius 1 is 1.07 bits per heavy atom. The molecule has 2 aliphatic rings. The third-order valence-corrected chi connectivity index (χ3v) is 5.40. The molecule has 27 heavy (non-hydrogen) atoms. The Labute approximate surface area is 158 Å². The molecule has 0 unspecified atom stereocenters. The second kappa shape index (κ2) is 7.46. The summed E-state index contributed by atoms with van der Waals surface area (Å²) in [5.41, 5.74) is 0.937. The third-order valence-electron chi connectivity index (χ3n) is 5.40. The zero-order valence-electron chi connectivity index (χ0n) is 15.5. The first-order chi connectivity index (χ1) is 13.1. The van der Waals surface area contributed by atoms with Gasteiger partial charge >= 0.3 is 0 Å². The number of amides is 1. The Hall–Kier alpha value is -2.77. The summed E-state index contributed by atoms with van der Waals surface area (Å²) < 4.78 is 1.74. The summed E-state index contributed by atoms with van der Waals surface area (Å²) in [5.74, 6) is 2.10. The summed E-state index contributed by atoms with van der Waals surface area (Å²) in [4.78, 5) is 36.9. The summed E-state index contributed by atoms with van der Waals surface area (Å²) in [6.45, 7) is 4.79. The molecule has 1 amide bonds. The lowest BCUT2D eigenvalue weighted by molar-refractivity contribution is -0.137. The van der Waals surface area contributed by atoms with E-state index in [2.05, 4.69) is 20.0 Å². The van der Waals surface area contributed by atoms with Crippen molar-refractivity contribution < 1.29 is 9.59 Å². The first-order valence-electron chi connectivity index (χ1n) is 9.50. The fourth-order valence-electron chi connectivity index (χ4n) is 3.78. The molecule has 0 radical (unpaired) electrons. The van der Waals surface area contributed by atoms with Crippen molar-refractivity contribution in [1.29, 1.82) is 0 Å². The molecule has 0 bridgehead atoms. The van der Waals surface area contributed by atoms with Gasteiger partial charge < -0.3 is 9.80 Å². The van der Waals surface area contributed by atoms with Gasteiger partial charge in [0.1, 0.15) is 17.9 Å². The third kappa shape index (κ3) is 3.84. The predicted molar refractivity (Wildman–Crippen MR) is 99.6 cm³/mol. The maximum atomic E-state index is 12.7. The van der Waals surface area contributed by atoms with Gasteiger partial charge in [0, 0.05) is 57.2 Å². The summed E-state index contributed by atoms with van der Waals surface area (Å²) in [6, 6.07) is 3.86. The van der Waals surface area contributed by atoms with Crippen molar-refractivity contribution in [3.05, 3.63) is 30.4 Å². The normalized spacial score (nSPS) is 18.8. The van der Waals surface area contributed by atoms with Gasteiger partial charge in [-0.05, 0) is 25.8 Å². The Morgan fingerprint density at radius 3 is 2.44 bits per heavy atom. The van der Waals surface area contributed by atoms with Crippen LogP contribution in [0.3, 0.4) is 0 Å². The standard InChI is InChI=1S/C19H24N6O2/c1-14-6-7-25(22-14)18-12-17(20-13-21-18)23-8-10-24(11-9-23)19(27)15-2-4-16(26)5-3-15/h6-7,12-13,15H,2-5,8-11H2,1H3. The van der Waals surface area contributed by atoms with E-state index in [-0.39, 0.29) is 17.6 Å². The van der Waals surface area contributed by atoms with Crippen molar-refractivity contribution >= 4 is 17.5 Å². The van der Waals surface area contributed by atoms with Gasteiger partial charge in [-0.3, -0.25) is 9.59 Å². The number of carbonyl (C=O) groups is 2. The molecule has 8 nitrogen and oxygen atoms in total. The van der Waals surface area contributed by atoms with Gasteiger partial charge in [0.05, 0.1) is 5.69 Å². The molecule has 1 aliphatic carbocycles. The maximum absolute atomic E-state index is 12.7. The van der Waals surface area contributed by atoms with Crippen LogP contribution in [0.15, 0.2) is 24.7 Å².